The molecule has 2 nitrogen and oxygen atoms in total. The van der Waals surface area contributed by atoms with E-state index in [0.717, 1.165) is 30.9 Å². The Kier molecular flexibility index (Phi) is 4.02. The second-order valence-electron chi connectivity index (χ2n) is 6.42. The maximum absolute atomic E-state index is 5.87. The smallest absolute Gasteiger partial charge is 0.0594 e. The van der Waals surface area contributed by atoms with Gasteiger partial charge in [-0.25, -0.2) is 0 Å². The van der Waals surface area contributed by atoms with Crippen molar-refractivity contribution < 1.29 is 4.74 Å². The molecule has 3 rings (SSSR count). The van der Waals surface area contributed by atoms with E-state index in [4.69, 9.17) is 4.74 Å². The first-order valence-electron chi connectivity index (χ1n) is 7.74. The van der Waals surface area contributed by atoms with E-state index < -0.39 is 0 Å². The highest BCUT2D eigenvalue weighted by Gasteiger charge is 2.38. The second-order valence-corrected chi connectivity index (χ2v) is 6.42. The molecule has 17 heavy (non-hydrogen) atoms. The van der Waals surface area contributed by atoms with E-state index in [2.05, 4.69) is 5.32 Å². The minimum Gasteiger partial charge on any atom is -0.377 e. The van der Waals surface area contributed by atoms with Crippen molar-refractivity contribution in [3.63, 3.8) is 0 Å². The van der Waals surface area contributed by atoms with E-state index in [1.807, 2.05) is 0 Å². The molecule has 0 aromatic rings. The summed E-state index contributed by atoms with van der Waals surface area (Å²) in [6.45, 7) is 3.23. The van der Waals surface area contributed by atoms with Crippen molar-refractivity contribution >= 4 is 0 Å². The fraction of sp³-hybridized carbons (Fsp3) is 1.00. The Bertz CT molecular complexity index is 237. The lowest BCUT2D eigenvalue weighted by Crippen LogP contribution is -2.29. The first-order chi connectivity index (χ1) is 8.42. The third-order valence-electron chi connectivity index (χ3n) is 5.23. The first kappa shape index (κ1) is 12.0. The van der Waals surface area contributed by atoms with Crippen molar-refractivity contribution in [3.8, 4) is 0 Å². The Balaban J connectivity index is 1.23. The Morgan fingerprint density at radius 1 is 1.00 bits per heavy atom. The van der Waals surface area contributed by atoms with Gasteiger partial charge in [0, 0.05) is 6.54 Å². The molecule has 0 amide bonds. The summed E-state index contributed by atoms with van der Waals surface area (Å²) in [5.41, 5.74) is 0. The molecule has 98 valence electrons. The zero-order valence-electron chi connectivity index (χ0n) is 11.0. The van der Waals surface area contributed by atoms with Crippen molar-refractivity contribution in [1.29, 1.82) is 0 Å². The van der Waals surface area contributed by atoms with Gasteiger partial charge in [-0.1, -0.05) is 19.3 Å². The molecule has 2 bridgehead atoms. The molecular weight excluding hydrogens is 210 g/mol. The summed E-state index contributed by atoms with van der Waals surface area (Å²) >= 11 is 0. The molecule has 1 N–H and O–H groups in total. The highest BCUT2D eigenvalue weighted by atomic mass is 16.5. The highest BCUT2D eigenvalue weighted by Crippen LogP contribution is 2.47. The van der Waals surface area contributed by atoms with Gasteiger partial charge in [0.25, 0.3) is 0 Å². The van der Waals surface area contributed by atoms with E-state index in [1.54, 1.807) is 0 Å². The summed E-state index contributed by atoms with van der Waals surface area (Å²) in [5.74, 6) is 3.13. The second kappa shape index (κ2) is 5.71. The molecule has 0 heterocycles. The Labute approximate surface area is 105 Å². The molecule has 3 unspecified atom stereocenters. The maximum atomic E-state index is 5.87. The van der Waals surface area contributed by atoms with E-state index >= 15 is 0 Å². The van der Waals surface area contributed by atoms with Crippen LogP contribution >= 0.6 is 0 Å². The number of hydrogen-bond acceptors (Lipinski definition) is 2. The van der Waals surface area contributed by atoms with Gasteiger partial charge in [0.05, 0.1) is 12.7 Å². The molecule has 3 aliphatic carbocycles. The zero-order valence-corrected chi connectivity index (χ0v) is 11.0. The number of ether oxygens (including phenoxy) is 1. The summed E-state index contributed by atoms with van der Waals surface area (Å²) in [4.78, 5) is 0. The van der Waals surface area contributed by atoms with Gasteiger partial charge < -0.3 is 10.1 Å². The van der Waals surface area contributed by atoms with E-state index in [-0.39, 0.29) is 0 Å². The molecule has 3 saturated carbocycles. The summed E-state index contributed by atoms with van der Waals surface area (Å²) in [6, 6.07) is 0. The average Bonchev–Trinajstić information content (AvgIpc) is 3.05. The summed E-state index contributed by atoms with van der Waals surface area (Å²) < 4.78 is 5.87. The number of rotatable bonds is 6. The van der Waals surface area contributed by atoms with Crippen LogP contribution in [0.15, 0.2) is 0 Å². The van der Waals surface area contributed by atoms with Crippen LogP contribution in [0.3, 0.4) is 0 Å². The van der Waals surface area contributed by atoms with Crippen molar-refractivity contribution in [3.05, 3.63) is 0 Å². The molecule has 0 aliphatic heterocycles. The van der Waals surface area contributed by atoms with Gasteiger partial charge in [0.1, 0.15) is 0 Å². The monoisotopic (exact) mass is 237 g/mol. The molecule has 0 spiro atoms. The molecule has 3 atom stereocenters. The number of fused-ring (bicyclic) bond motifs is 2. The van der Waals surface area contributed by atoms with Crippen molar-refractivity contribution in [2.45, 2.75) is 57.5 Å². The summed E-state index contributed by atoms with van der Waals surface area (Å²) in [5, 5.41) is 3.61. The molecule has 0 radical (unpaired) electrons. The van der Waals surface area contributed by atoms with Crippen LogP contribution < -0.4 is 5.32 Å². The largest absolute Gasteiger partial charge is 0.377 e. The Hall–Kier alpha value is -0.0800. The Morgan fingerprint density at radius 3 is 2.59 bits per heavy atom. The van der Waals surface area contributed by atoms with Crippen LogP contribution in [0, 0.1) is 17.8 Å². The van der Waals surface area contributed by atoms with Crippen molar-refractivity contribution in [2.75, 3.05) is 19.7 Å². The van der Waals surface area contributed by atoms with Crippen molar-refractivity contribution in [1.82, 2.24) is 5.32 Å². The zero-order chi connectivity index (χ0) is 11.5. The SMILES string of the molecule is C1CCC(OCCNCC2CC3CCC2C3)C1. The quantitative estimate of drug-likeness (QED) is 0.717. The van der Waals surface area contributed by atoms with E-state index in [0.29, 0.717) is 6.10 Å². The highest BCUT2D eigenvalue weighted by molar-refractivity contribution is 4.90. The van der Waals surface area contributed by atoms with E-state index in [9.17, 15) is 0 Å². The predicted molar refractivity (Wildman–Crippen MR) is 70.0 cm³/mol. The van der Waals surface area contributed by atoms with Crippen LogP contribution in [0.25, 0.3) is 0 Å². The normalized spacial score (nSPS) is 37.1. The summed E-state index contributed by atoms with van der Waals surface area (Å²) in [6.07, 6.45) is 12.0. The van der Waals surface area contributed by atoms with Gasteiger partial charge in [-0.2, -0.15) is 0 Å². The van der Waals surface area contributed by atoms with Gasteiger partial charge in [-0.05, 0) is 56.4 Å². The van der Waals surface area contributed by atoms with Gasteiger partial charge >= 0.3 is 0 Å². The van der Waals surface area contributed by atoms with Crippen LogP contribution in [0.4, 0.5) is 0 Å². The van der Waals surface area contributed by atoms with Gasteiger partial charge in [-0.15, -0.1) is 0 Å². The third kappa shape index (κ3) is 3.03. The standard InChI is InChI=1S/C15H27NO/c1-2-4-15(3-1)17-8-7-16-11-14-10-12-5-6-13(14)9-12/h12-16H,1-11H2. The maximum Gasteiger partial charge on any atom is 0.0594 e. The van der Waals surface area contributed by atoms with Gasteiger partial charge in [0.15, 0.2) is 0 Å². The van der Waals surface area contributed by atoms with Crippen molar-refractivity contribution in [2.24, 2.45) is 17.8 Å². The van der Waals surface area contributed by atoms with Crippen LogP contribution in [-0.4, -0.2) is 25.8 Å². The van der Waals surface area contributed by atoms with Gasteiger partial charge in [0.2, 0.25) is 0 Å². The third-order valence-corrected chi connectivity index (χ3v) is 5.23. The van der Waals surface area contributed by atoms with E-state index in [1.165, 1.54) is 57.9 Å². The topological polar surface area (TPSA) is 21.3 Å². The first-order valence-corrected chi connectivity index (χ1v) is 7.74. The molecule has 0 aromatic carbocycles. The lowest BCUT2D eigenvalue weighted by molar-refractivity contribution is 0.0597. The lowest BCUT2D eigenvalue weighted by atomic mass is 9.89. The molecule has 0 aromatic heterocycles. The number of nitrogens with one attached hydrogen (secondary N) is 1. The lowest BCUT2D eigenvalue weighted by Gasteiger charge is -2.22. The fourth-order valence-corrected chi connectivity index (χ4v) is 4.27. The predicted octanol–water partition coefficient (Wildman–Crippen LogP) is 2.97. The molecule has 3 fully saturated rings. The van der Waals surface area contributed by atoms with Crippen LogP contribution in [0.2, 0.25) is 0 Å². The molecular formula is C15H27NO. The fourth-order valence-electron chi connectivity index (χ4n) is 4.27. The average molecular weight is 237 g/mol. The minimum absolute atomic E-state index is 0.583. The molecule has 3 aliphatic rings. The molecule has 2 heteroatoms. The summed E-state index contributed by atoms with van der Waals surface area (Å²) in [7, 11) is 0. The van der Waals surface area contributed by atoms with Gasteiger partial charge in [-0.3, -0.25) is 0 Å². The minimum atomic E-state index is 0.583. The van der Waals surface area contributed by atoms with Crippen LogP contribution in [-0.2, 0) is 4.74 Å². The van der Waals surface area contributed by atoms with Crippen LogP contribution in [0.1, 0.15) is 51.4 Å². The van der Waals surface area contributed by atoms with Crippen LogP contribution in [0.5, 0.6) is 0 Å². The number of hydrogen-bond donors (Lipinski definition) is 1. The Morgan fingerprint density at radius 2 is 1.88 bits per heavy atom. The molecule has 0 saturated heterocycles.